The Morgan fingerprint density at radius 3 is 2.32 bits per heavy atom. The van der Waals surface area contributed by atoms with Gasteiger partial charge in [-0.3, -0.25) is 0 Å². The normalized spacial score (nSPS) is 15.0. The molecule has 44 heavy (non-hydrogen) atoms. The molecule has 0 aromatic heterocycles. The predicted molar refractivity (Wildman–Crippen MR) is 174 cm³/mol. The molecule has 0 unspecified atom stereocenters. The van der Waals surface area contributed by atoms with Crippen molar-refractivity contribution in [3.8, 4) is 23.0 Å². The Kier molecular flexibility index (Phi) is 9.44. The van der Waals surface area contributed by atoms with Gasteiger partial charge in [-0.2, -0.15) is 0 Å². The fourth-order valence-corrected chi connectivity index (χ4v) is 5.21. The van der Waals surface area contributed by atoms with Crippen molar-refractivity contribution < 1.29 is 23.7 Å². The van der Waals surface area contributed by atoms with Crippen molar-refractivity contribution in [1.82, 2.24) is 10.2 Å². The van der Waals surface area contributed by atoms with Crippen LogP contribution in [0.15, 0.2) is 71.5 Å². The molecule has 5 rings (SSSR count). The third-order valence-electron chi connectivity index (χ3n) is 7.74. The second-order valence-electron chi connectivity index (χ2n) is 10.7. The van der Waals surface area contributed by atoms with Crippen LogP contribution in [-0.4, -0.2) is 78.1 Å². The van der Waals surface area contributed by atoms with Crippen LogP contribution in [-0.2, 0) is 0 Å². The average Bonchev–Trinajstić information content (AvgIpc) is 3.04. The van der Waals surface area contributed by atoms with Gasteiger partial charge in [0.25, 0.3) is 0 Å². The Morgan fingerprint density at radius 2 is 1.64 bits per heavy atom. The molecule has 11 heteroatoms. The van der Waals surface area contributed by atoms with Crippen molar-refractivity contribution in [2.24, 2.45) is 4.99 Å². The zero-order valence-electron chi connectivity index (χ0n) is 26.1. The van der Waals surface area contributed by atoms with Crippen LogP contribution >= 0.6 is 0 Å². The molecule has 1 fully saturated rings. The Labute approximate surface area is 258 Å². The number of likely N-dealkylation sites (N-methyl/N-ethyl adjacent to an activating group) is 1. The second kappa shape index (κ2) is 13.6. The number of aryl methyl sites for hydroxylation is 2. The molecule has 0 spiro atoms. The topological polar surface area (TPSA) is 100 Å². The number of hydrogen-bond donors (Lipinski definition) is 2. The molecule has 0 aliphatic carbocycles. The minimum Gasteiger partial charge on any atom is -0.497 e. The van der Waals surface area contributed by atoms with Crippen LogP contribution in [0.1, 0.15) is 11.1 Å². The summed E-state index contributed by atoms with van der Waals surface area (Å²) >= 11 is 0. The molecule has 11 nitrogen and oxygen atoms in total. The smallest absolute Gasteiger partial charge is 0.425 e. The van der Waals surface area contributed by atoms with Gasteiger partial charge in [0.1, 0.15) is 28.8 Å². The first-order valence-electron chi connectivity index (χ1n) is 14.5. The van der Waals surface area contributed by atoms with E-state index in [1.54, 1.807) is 39.5 Å². The molecule has 3 aromatic carbocycles. The summed E-state index contributed by atoms with van der Waals surface area (Å²) in [4.78, 5) is 24.7. The van der Waals surface area contributed by atoms with Crippen LogP contribution in [0, 0.1) is 13.8 Å². The summed E-state index contributed by atoms with van der Waals surface area (Å²) in [5, 5.41) is 6.62. The number of guanidine groups is 1. The molecule has 0 radical (unpaired) electrons. The third-order valence-corrected chi connectivity index (χ3v) is 7.74. The van der Waals surface area contributed by atoms with Crippen LogP contribution in [0.25, 0.3) is 0 Å². The lowest BCUT2D eigenvalue weighted by Gasteiger charge is -2.34. The zero-order valence-corrected chi connectivity index (χ0v) is 26.1. The fourth-order valence-electron chi connectivity index (χ4n) is 5.21. The molecular formula is C33H40N6O5. The van der Waals surface area contributed by atoms with E-state index in [2.05, 4.69) is 38.5 Å². The van der Waals surface area contributed by atoms with Gasteiger partial charge in [-0.05, 0) is 62.4 Å². The highest BCUT2D eigenvalue weighted by Gasteiger charge is 2.29. The van der Waals surface area contributed by atoms with E-state index in [1.807, 2.05) is 50.3 Å². The number of methoxy groups -OCH3 is 3. The van der Waals surface area contributed by atoms with Crippen LogP contribution in [0.4, 0.5) is 21.9 Å². The SMILES string of the molecule is COc1ccc(N(C(=O)Oc2c(C)cccc2C)C2=CCN=C(Nc3ccc(N4CCN(C)CC4)cc3OC)N2)c(OC)c1. The number of anilines is 3. The molecular weight excluding hydrogens is 560 g/mol. The number of carbonyl (C=O) groups is 1. The number of hydrogen-bond acceptors (Lipinski definition) is 10. The Hall–Kier alpha value is -4.90. The molecule has 3 aromatic rings. The first-order chi connectivity index (χ1) is 21.3. The summed E-state index contributed by atoms with van der Waals surface area (Å²) in [5.74, 6) is 3.12. The molecule has 0 saturated carbocycles. The molecule has 0 bridgehead atoms. The number of carbonyl (C=O) groups excluding carboxylic acids is 1. The number of piperazine rings is 1. The van der Waals surface area contributed by atoms with Crippen molar-refractivity contribution in [3.05, 3.63) is 77.6 Å². The number of ether oxygens (including phenoxy) is 4. The summed E-state index contributed by atoms with van der Waals surface area (Å²) in [6, 6.07) is 17.1. The first-order valence-corrected chi connectivity index (χ1v) is 14.5. The minimum atomic E-state index is -0.611. The lowest BCUT2D eigenvalue weighted by molar-refractivity contribution is 0.208. The number of para-hydroxylation sites is 1. The van der Waals surface area contributed by atoms with E-state index in [-0.39, 0.29) is 0 Å². The van der Waals surface area contributed by atoms with Crippen LogP contribution in [0.3, 0.4) is 0 Å². The number of amides is 1. The average molecular weight is 601 g/mol. The van der Waals surface area contributed by atoms with E-state index >= 15 is 0 Å². The molecule has 1 saturated heterocycles. The van der Waals surface area contributed by atoms with Gasteiger partial charge in [-0.1, -0.05) is 18.2 Å². The van der Waals surface area contributed by atoms with Crippen molar-refractivity contribution in [3.63, 3.8) is 0 Å². The number of nitrogens with one attached hydrogen (secondary N) is 2. The van der Waals surface area contributed by atoms with Gasteiger partial charge in [-0.15, -0.1) is 0 Å². The summed E-state index contributed by atoms with van der Waals surface area (Å²) in [6.07, 6.45) is 1.20. The van der Waals surface area contributed by atoms with Gasteiger partial charge in [0, 0.05) is 44.0 Å². The van der Waals surface area contributed by atoms with Gasteiger partial charge < -0.3 is 39.4 Å². The monoisotopic (exact) mass is 600 g/mol. The molecule has 2 aliphatic rings. The standard InChI is InChI=1S/C33H40N6O5/c1-22-8-7-9-23(2)31(22)44-33(40)39(27-13-11-25(41-4)21-29(27)43-6)30-14-15-34-32(36-30)35-26-12-10-24(20-28(26)42-5)38-18-16-37(3)17-19-38/h7-14,20-21H,15-19H2,1-6H3,(H2,34,35,36). The lowest BCUT2D eigenvalue weighted by atomic mass is 10.1. The van der Waals surface area contributed by atoms with Gasteiger partial charge in [-0.25, -0.2) is 14.7 Å². The first kappa shape index (κ1) is 30.6. The second-order valence-corrected chi connectivity index (χ2v) is 10.7. The van der Waals surface area contributed by atoms with E-state index in [1.165, 1.54) is 4.90 Å². The highest BCUT2D eigenvalue weighted by Crippen LogP contribution is 2.36. The minimum absolute atomic E-state index is 0.317. The fraction of sp³-hybridized carbons (Fsp3) is 0.333. The molecule has 0 atom stereocenters. The lowest BCUT2D eigenvalue weighted by Crippen LogP contribution is -2.45. The summed E-state index contributed by atoms with van der Waals surface area (Å²) in [7, 11) is 6.91. The van der Waals surface area contributed by atoms with E-state index in [9.17, 15) is 4.79 Å². The number of benzene rings is 3. The highest BCUT2D eigenvalue weighted by molar-refractivity contribution is 6.01. The predicted octanol–water partition coefficient (Wildman–Crippen LogP) is 5.00. The Balaban J connectivity index is 1.41. The molecule has 2 N–H and O–H groups in total. The summed E-state index contributed by atoms with van der Waals surface area (Å²) in [6.45, 7) is 8.07. The third kappa shape index (κ3) is 6.68. The van der Waals surface area contributed by atoms with Crippen LogP contribution in [0.2, 0.25) is 0 Å². The molecule has 2 heterocycles. The Morgan fingerprint density at radius 1 is 0.909 bits per heavy atom. The maximum atomic E-state index is 14.0. The number of rotatable bonds is 8. The number of nitrogens with zero attached hydrogens (tertiary/aromatic N) is 4. The highest BCUT2D eigenvalue weighted by atomic mass is 16.6. The van der Waals surface area contributed by atoms with Crippen LogP contribution < -0.4 is 39.4 Å². The summed E-state index contributed by atoms with van der Waals surface area (Å²) < 4.78 is 22.8. The van der Waals surface area contributed by atoms with Crippen LogP contribution in [0.5, 0.6) is 23.0 Å². The van der Waals surface area contributed by atoms with Crippen molar-refractivity contribution >= 4 is 29.1 Å². The zero-order chi connectivity index (χ0) is 31.2. The van der Waals surface area contributed by atoms with Gasteiger partial charge in [0.2, 0.25) is 5.96 Å². The largest absolute Gasteiger partial charge is 0.497 e. The quantitative estimate of drug-likeness (QED) is 0.370. The van der Waals surface area contributed by atoms with E-state index < -0.39 is 6.09 Å². The van der Waals surface area contributed by atoms with Gasteiger partial charge in [0.15, 0.2) is 0 Å². The molecule has 2 aliphatic heterocycles. The van der Waals surface area contributed by atoms with E-state index in [4.69, 9.17) is 18.9 Å². The van der Waals surface area contributed by atoms with Gasteiger partial charge >= 0.3 is 6.09 Å². The van der Waals surface area contributed by atoms with E-state index in [0.29, 0.717) is 47.0 Å². The molecule has 232 valence electrons. The van der Waals surface area contributed by atoms with Crippen molar-refractivity contribution in [1.29, 1.82) is 0 Å². The maximum Gasteiger partial charge on any atom is 0.425 e. The van der Waals surface area contributed by atoms with Crippen molar-refractivity contribution in [2.45, 2.75) is 13.8 Å². The summed E-state index contributed by atoms with van der Waals surface area (Å²) in [5.41, 5.74) is 4.01. The van der Waals surface area contributed by atoms with Gasteiger partial charge in [0.05, 0.1) is 39.2 Å². The maximum absolute atomic E-state index is 14.0. The van der Waals surface area contributed by atoms with Crippen molar-refractivity contribution in [2.75, 3.05) is 76.2 Å². The number of aliphatic imine (C=N–C) groups is 1. The van der Waals surface area contributed by atoms with E-state index in [0.717, 1.165) is 48.7 Å². The molecule has 1 amide bonds. The Bertz CT molecular complexity index is 1540.